The lowest BCUT2D eigenvalue weighted by Crippen LogP contribution is -2.34. The number of carboxylic acids is 2. The maximum atomic E-state index is 11.3. The van der Waals surface area contributed by atoms with Crippen molar-refractivity contribution in [3.63, 3.8) is 0 Å². The Balaban J connectivity index is 4.12. The smallest absolute Gasteiger partial charge is 0.305 e. The highest BCUT2D eigenvalue weighted by Gasteiger charge is 2.13. The first-order valence-corrected chi connectivity index (χ1v) is 4.68. The van der Waals surface area contributed by atoms with Crippen LogP contribution in [0.2, 0.25) is 0 Å². The highest BCUT2D eigenvalue weighted by atomic mass is 16.4. The molecule has 0 saturated heterocycles. The summed E-state index contributed by atoms with van der Waals surface area (Å²) in [6.07, 6.45) is -0.0735. The molecule has 1 amide bonds. The Bertz CT molecular complexity index is 233. The van der Waals surface area contributed by atoms with Crippen molar-refractivity contribution in [2.24, 2.45) is 0 Å². The average molecular weight is 217 g/mol. The van der Waals surface area contributed by atoms with Crippen molar-refractivity contribution >= 4 is 17.8 Å². The van der Waals surface area contributed by atoms with Crippen LogP contribution in [0.15, 0.2) is 0 Å². The van der Waals surface area contributed by atoms with E-state index in [-0.39, 0.29) is 38.3 Å². The van der Waals surface area contributed by atoms with Crippen LogP contribution in [0, 0.1) is 0 Å². The number of hydrogen-bond acceptors (Lipinski definition) is 3. The number of amides is 1. The molecule has 6 heteroatoms. The predicted molar refractivity (Wildman–Crippen MR) is 51.4 cm³/mol. The molecule has 15 heavy (non-hydrogen) atoms. The monoisotopic (exact) mass is 217 g/mol. The lowest BCUT2D eigenvalue weighted by Gasteiger charge is -2.20. The van der Waals surface area contributed by atoms with E-state index in [2.05, 4.69) is 0 Å². The Labute approximate surface area is 87.5 Å². The molecule has 0 saturated carbocycles. The number of carbonyl (C=O) groups is 3. The Morgan fingerprint density at radius 3 is 1.67 bits per heavy atom. The molecule has 0 aromatic rings. The zero-order valence-corrected chi connectivity index (χ0v) is 8.60. The SMILES string of the molecule is CCC(=O)N(CCC(=O)O)CCC(=O)O. The molecule has 0 radical (unpaired) electrons. The van der Waals surface area contributed by atoms with Crippen molar-refractivity contribution < 1.29 is 24.6 Å². The zero-order chi connectivity index (χ0) is 11.8. The third kappa shape index (κ3) is 6.48. The number of carboxylic acid groups (broad SMARTS) is 2. The van der Waals surface area contributed by atoms with Gasteiger partial charge >= 0.3 is 11.9 Å². The summed E-state index contributed by atoms with van der Waals surface area (Å²) < 4.78 is 0. The maximum Gasteiger partial charge on any atom is 0.305 e. The molecule has 0 spiro atoms. The normalized spacial score (nSPS) is 9.67. The van der Waals surface area contributed by atoms with Crippen molar-refractivity contribution in [2.75, 3.05) is 13.1 Å². The molecule has 6 nitrogen and oxygen atoms in total. The van der Waals surface area contributed by atoms with Crippen LogP contribution in [-0.2, 0) is 14.4 Å². The van der Waals surface area contributed by atoms with Crippen LogP contribution in [-0.4, -0.2) is 46.0 Å². The minimum atomic E-state index is -1.00. The fourth-order valence-electron chi connectivity index (χ4n) is 1.05. The molecule has 0 aliphatic carbocycles. The summed E-state index contributed by atoms with van der Waals surface area (Å²) in [7, 11) is 0. The number of nitrogens with zero attached hydrogens (tertiary/aromatic N) is 1. The van der Waals surface area contributed by atoms with Gasteiger partial charge in [0.15, 0.2) is 0 Å². The van der Waals surface area contributed by atoms with Crippen LogP contribution < -0.4 is 0 Å². The first kappa shape index (κ1) is 13.4. The van der Waals surface area contributed by atoms with Crippen LogP contribution >= 0.6 is 0 Å². The van der Waals surface area contributed by atoms with Gasteiger partial charge < -0.3 is 15.1 Å². The quantitative estimate of drug-likeness (QED) is 0.634. The highest BCUT2D eigenvalue weighted by Crippen LogP contribution is 1.98. The van der Waals surface area contributed by atoms with Crippen molar-refractivity contribution in [1.29, 1.82) is 0 Å². The van der Waals surface area contributed by atoms with E-state index >= 15 is 0 Å². The molecule has 0 atom stereocenters. The van der Waals surface area contributed by atoms with Crippen LogP contribution in [0.3, 0.4) is 0 Å². The van der Waals surface area contributed by atoms with Gasteiger partial charge in [0, 0.05) is 19.5 Å². The van der Waals surface area contributed by atoms with E-state index < -0.39 is 11.9 Å². The fraction of sp³-hybridized carbons (Fsp3) is 0.667. The Morgan fingerprint density at radius 1 is 1.00 bits per heavy atom. The summed E-state index contributed by atoms with van der Waals surface area (Å²) >= 11 is 0. The van der Waals surface area contributed by atoms with Gasteiger partial charge in [-0.05, 0) is 0 Å². The van der Waals surface area contributed by atoms with Gasteiger partial charge in [-0.15, -0.1) is 0 Å². The predicted octanol–water partition coefficient (Wildman–Crippen LogP) is 0.174. The van der Waals surface area contributed by atoms with Gasteiger partial charge in [0.2, 0.25) is 5.91 Å². The largest absolute Gasteiger partial charge is 0.481 e. The van der Waals surface area contributed by atoms with Crippen LogP contribution in [0.5, 0.6) is 0 Å². The molecule has 0 aromatic heterocycles. The lowest BCUT2D eigenvalue weighted by atomic mass is 10.3. The van der Waals surface area contributed by atoms with E-state index in [0.717, 1.165) is 0 Å². The maximum absolute atomic E-state index is 11.3. The molecule has 0 fully saturated rings. The highest BCUT2D eigenvalue weighted by molar-refractivity contribution is 5.77. The lowest BCUT2D eigenvalue weighted by molar-refractivity contribution is -0.139. The number of aliphatic carboxylic acids is 2. The van der Waals surface area contributed by atoms with Crippen molar-refractivity contribution in [2.45, 2.75) is 26.2 Å². The van der Waals surface area contributed by atoms with Crippen molar-refractivity contribution in [3.8, 4) is 0 Å². The van der Waals surface area contributed by atoms with Gasteiger partial charge in [-0.3, -0.25) is 14.4 Å². The van der Waals surface area contributed by atoms with Crippen LogP contribution in [0.4, 0.5) is 0 Å². The van der Waals surface area contributed by atoms with E-state index in [1.54, 1.807) is 6.92 Å². The summed E-state index contributed by atoms with van der Waals surface area (Å²) in [5.74, 6) is -2.23. The van der Waals surface area contributed by atoms with Gasteiger partial charge in [-0.25, -0.2) is 0 Å². The molecule has 0 unspecified atom stereocenters. The Morgan fingerprint density at radius 2 is 1.40 bits per heavy atom. The number of carbonyl (C=O) groups excluding carboxylic acids is 1. The molecule has 2 N–H and O–H groups in total. The molecule has 0 aromatic carbocycles. The van der Waals surface area contributed by atoms with Crippen LogP contribution in [0.1, 0.15) is 26.2 Å². The summed E-state index contributed by atoms with van der Waals surface area (Å²) in [6.45, 7) is 1.78. The molecular formula is C9H15NO5. The third-order valence-electron chi connectivity index (χ3n) is 1.85. The first-order valence-electron chi connectivity index (χ1n) is 4.68. The van der Waals surface area contributed by atoms with Gasteiger partial charge in [0.05, 0.1) is 12.8 Å². The molecular weight excluding hydrogens is 202 g/mol. The summed E-state index contributed by atoms with van der Waals surface area (Å²) in [5.41, 5.74) is 0. The Kier molecular flexibility index (Phi) is 6.08. The molecule has 0 aliphatic heterocycles. The molecule has 86 valence electrons. The topological polar surface area (TPSA) is 94.9 Å². The second-order valence-corrected chi connectivity index (χ2v) is 3.02. The van der Waals surface area contributed by atoms with E-state index in [4.69, 9.17) is 10.2 Å². The number of rotatable bonds is 7. The second kappa shape index (κ2) is 6.80. The van der Waals surface area contributed by atoms with Crippen LogP contribution in [0.25, 0.3) is 0 Å². The molecule has 0 rings (SSSR count). The van der Waals surface area contributed by atoms with Gasteiger partial charge in [0.1, 0.15) is 0 Å². The standard InChI is InChI=1S/C9H15NO5/c1-2-7(11)10(5-3-8(12)13)6-4-9(14)15/h2-6H2,1H3,(H,12,13)(H,14,15). The van der Waals surface area contributed by atoms with Gasteiger partial charge in [-0.2, -0.15) is 0 Å². The van der Waals surface area contributed by atoms with Gasteiger partial charge in [-0.1, -0.05) is 6.92 Å². The third-order valence-corrected chi connectivity index (χ3v) is 1.85. The first-order chi connectivity index (χ1) is 6.97. The second-order valence-electron chi connectivity index (χ2n) is 3.02. The van der Waals surface area contributed by atoms with Crippen molar-refractivity contribution in [1.82, 2.24) is 4.90 Å². The van der Waals surface area contributed by atoms with Gasteiger partial charge in [0.25, 0.3) is 0 Å². The van der Waals surface area contributed by atoms with E-state index in [1.807, 2.05) is 0 Å². The van der Waals surface area contributed by atoms with E-state index in [0.29, 0.717) is 0 Å². The Hall–Kier alpha value is -1.59. The van der Waals surface area contributed by atoms with E-state index in [9.17, 15) is 14.4 Å². The minimum absolute atomic E-state index is 0.0648. The van der Waals surface area contributed by atoms with Crippen molar-refractivity contribution in [3.05, 3.63) is 0 Å². The number of hydrogen-bond donors (Lipinski definition) is 2. The zero-order valence-electron chi connectivity index (χ0n) is 8.60. The summed E-state index contributed by atoms with van der Waals surface area (Å²) in [6, 6.07) is 0. The summed E-state index contributed by atoms with van der Waals surface area (Å²) in [4.78, 5) is 33.1. The minimum Gasteiger partial charge on any atom is -0.481 e. The molecule has 0 bridgehead atoms. The summed E-state index contributed by atoms with van der Waals surface area (Å²) in [5, 5.41) is 16.9. The average Bonchev–Trinajstić information content (AvgIpc) is 2.16. The molecule has 0 heterocycles. The fourth-order valence-corrected chi connectivity index (χ4v) is 1.05. The van der Waals surface area contributed by atoms with E-state index in [1.165, 1.54) is 4.90 Å². The molecule has 0 aliphatic rings.